The highest BCUT2D eigenvalue weighted by Crippen LogP contribution is 2.40. The second-order valence-corrected chi connectivity index (χ2v) is 7.87. The van der Waals surface area contributed by atoms with Gasteiger partial charge in [0.25, 0.3) is 11.7 Å². The molecule has 1 aliphatic rings. The van der Waals surface area contributed by atoms with Gasteiger partial charge in [-0.15, -0.1) is 0 Å². The van der Waals surface area contributed by atoms with Gasteiger partial charge in [-0.2, -0.15) is 0 Å². The molecule has 4 rings (SSSR count). The van der Waals surface area contributed by atoms with E-state index >= 15 is 0 Å². The van der Waals surface area contributed by atoms with Crippen LogP contribution < -0.4 is 9.47 Å². The fourth-order valence-electron chi connectivity index (χ4n) is 3.99. The van der Waals surface area contributed by atoms with Gasteiger partial charge in [0.15, 0.2) is 0 Å². The number of para-hydroxylation sites is 1. The standard InChI is InChI=1S/C27H26N2O5/c1-3-16-34-20-13-11-18(12-14-20)25(30)23-24(21-9-6-7-15-28-21)29(27(32)26(23)31)17-19-8-4-5-10-22(19)33-2/h4-15,24,30H,3,16-17H2,1-2H3/b25-23-. The maximum Gasteiger partial charge on any atom is 0.296 e. The van der Waals surface area contributed by atoms with Crippen LogP contribution in [0.1, 0.15) is 36.2 Å². The van der Waals surface area contributed by atoms with Crippen molar-refractivity contribution >= 4 is 17.4 Å². The lowest BCUT2D eigenvalue weighted by Crippen LogP contribution is -2.29. The Bertz CT molecular complexity index is 1210. The van der Waals surface area contributed by atoms with E-state index in [2.05, 4.69) is 4.98 Å². The van der Waals surface area contributed by atoms with Crippen LogP contribution in [0.4, 0.5) is 0 Å². The lowest BCUT2D eigenvalue weighted by atomic mass is 9.98. The van der Waals surface area contributed by atoms with Gasteiger partial charge in [0.05, 0.1) is 31.5 Å². The first-order chi connectivity index (χ1) is 16.5. The number of nitrogens with zero attached hydrogens (tertiary/aromatic N) is 2. The van der Waals surface area contributed by atoms with Crippen LogP contribution in [0.15, 0.2) is 78.5 Å². The Morgan fingerprint density at radius 3 is 2.44 bits per heavy atom. The van der Waals surface area contributed by atoms with Crippen LogP contribution in [0.2, 0.25) is 0 Å². The van der Waals surface area contributed by atoms with Gasteiger partial charge in [-0.1, -0.05) is 31.2 Å². The monoisotopic (exact) mass is 458 g/mol. The molecular formula is C27H26N2O5. The maximum atomic E-state index is 13.2. The lowest BCUT2D eigenvalue weighted by molar-refractivity contribution is -0.140. The first kappa shape index (κ1) is 23.0. The minimum atomic E-state index is -0.845. The van der Waals surface area contributed by atoms with Crippen molar-refractivity contribution in [1.82, 2.24) is 9.88 Å². The fourth-order valence-corrected chi connectivity index (χ4v) is 3.99. The number of likely N-dealkylation sites (tertiary alicyclic amines) is 1. The van der Waals surface area contributed by atoms with E-state index in [1.54, 1.807) is 61.8 Å². The molecule has 0 radical (unpaired) electrons. The number of ketones is 1. The topological polar surface area (TPSA) is 89.0 Å². The van der Waals surface area contributed by atoms with Gasteiger partial charge in [-0.3, -0.25) is 14.6 Å². The zero-order valence-electron chi connectivity index (χ0n) is 19.1. The first-order valence-electron chi connectivity index (χ1n) is 11.1. The molecule has 1 amide bonds. The van der Waals surface area contributed by atoms with Crippen molar-refractivity contribution in [2.75, 3.05) is 13.7 Å². The molecule has 0 bridgehead atoms. The molecule has 1 atom stereocenters. The number of amides is 1. The second kappa shape index (κ2) is 10.2. The molecule has 1 N–H and O–H groups in total. The highest BCUT2D eigenvalue weighted by atomic mass is 16.5. The Morgan fingerprint density at radius 2 is 1.76 bits per heavy atom. The van der Waals surface area contributed by atoms with Gasteiger partial charge in [0.2, 0.25) is 0 Å². The van der Waals surface area contributed by atoms with Crippen molar-refractivity contribution in [2.24, 2.45) is 0 Å². The first-order valence-corrected chi connectivity index (χ1v) is 11.1. The fraction of sp³-hybridized carbons (Fsp3) is 0.222. The number of aliphatic hydroxyl groups excluding tert-OH is 1. The number of carbonyl (C=O) groups is 2. The predicted molar refractivity (Wildman–Crippen MR) is 127 cm³/mol. The molecule has 7 nitrogen and oxygen atoms in total. The molecule has 7 heteroatoms. The van der Waals surface area contributed by atoms with Crippen molar-refractivity contribution in [1.29, 1.82) is 0 Å². The normalized spacial score (nSPS) is 17.1. The molecule has 0 saturated carbocycles. The third kappa shape index (κ3) is 4.50. The van der Waals surface area contributed by atoms with Gasteiger partial charge in [0.1, 0.15) is 23.3 Å². The number of ether oxygens (including phenoxy) is 2. The third-order valence-corrected chi connectivity index (χ3v) is 5.64. The molecule has 1 fully saturated rings. The number of Topliss-reactive ketones (excluding diaryl/α,β-unsaturated/α-hetero) is 1. The van der Waals surface area contributed by atoms with Crippen LogP contribution in [0, 0.1) is 0 Å². The van der Waals surface area contributed by atoms with Crippen LogP contribution in [0.25, 0.3) is 5.76 Å². The van der Waals surface area contributed by atoms with E-state index in [0.29, 0.717) is 29.4 Å². The molecule has 2 heterocycles. The molecule has 34 heavy (non-hydrogen) atoms. The number of benzene rings is 2. The average molecular weight is 459 g/mol. The molecule has 0 aliphatic carbocycles. The third-order valence-electron chi connectivity index (χ3n) is 5.64. The Kier molecular flexibility index (Phi) is 6.92. The zero-order chi connectivity index (χ0) is 24.1. The summed E-state index contributed by atoms with van der Waals surface area (Å²) in [4.78, 5) is 32.1. The molecule has 0 spiro atoms. The molecule has 1 aromatic heterocycles. The van der Waals surface area contributed by atoms with Crippen LogP contribution in [-0.2, 0) is 16.1 Å². The van der Waals surface area contributed by atoms with Crippen LogP contribution in [0.5, 0.6) is 11.5 Å². The molecule has 1 unspecified atom stereocenters. The Hall–Kier alpha value is -4.13. The van der Waals surface area contributed by atoms with Crippen LogP contribution in [-0.4, -0.2) is 40.4 Å². The summed E-state index contributed by atoms with van der Waals surface area (Å²) in [5.41, 5.74) is 1.65. The molecule has 1 aliphatic heterocycles. The van der Waals surface area contributed by atoms with Gasteiger partial charge >= 0.3 is 0 Å². The number of pyridine rings is 1. The van der Waals surface area contributed by atoms with E-state index in [1.165, 1.54) is 4.90 Å². The van der Waals surface area contributed by atoms with Crippen molar-refractivity contribution in [3.63, 3.8) is 0 Å². The summed E-state index contributed by atoms with van der Waals surface area (Å²) in [6, 6.07) is 18.5. The van der Waals surface area contributed by atoms with Crippen molar-refractivity contribution in [3.8, 4) is 11.5 Å². The Morgan fingerprint density at radius 1 is 1.03 bits per heavy atom. The van der Waals surface area contributed by atoms with Gasteiger partial charge in [0, 0.05) is 17.3 Å². The summed E-state index contributed by atoms with van der Waals surface area (Å²) in [6.07, 6.45) is 2.47. The minimum absolute atomic E-state index is 0.000763. The summed E-state index contributed by atoms with van der Waals surface area (Å²) >= 11 is 0. The highest BCUT2D eigenvalue weighted by Gasteiger charge is 2.46. The van der Waals surface area contributed by atoms with Gasteiger partial charge < -0.3 is 19.5 Å². The maximum absolute atomic E-state index is 13.2. The summed E-state index contributed by atoms with van der Waals surface area (Å²) in [6.45, 7) is 2.72. The highest BCUT2D eigenvalue weighted by molar-refractivity contribution is 6.46. The SMILES string of the molecule is CCCOc1ccc(/C(O)=C2/C(=O)C(=O)N(Cc3ccccc3OC)C2c2ccccn2)cc1. The van der Waals surface area contributed by atoms with E-state index < -0.39 is 17.7 Å². The minimum Gasteiger partial charge on any atom is -0.507 e. The van der Waals surface area contributed by atoms with Crippen LogP contribution >= 0.6 is 0 Å². The van der Waals surface area contributed by atoms with Crippen molar-refractivity contribution in [2.45, 2.75) is 25.9 Å². The number of hydrogen-bond acceptors (Lipinski definition) is 6. The summed E-state index contributed by atoms with van der Waals surface area (Å²) in [5, 5.41) is 11.2. The number of aromatic nitrogens is 1. The zero-order valence-corrected chi connectivity index (χ0v) is 19.1. The van der Waals surface area contributed by atoms with Gasteiger partial charge in [-0.05, 0) is 48.9 Å². The predicted octanol–water partition coefficient (Wildman–Crippen LogP) is 4.50. The van der Waals surface area contributed by atoms with Gasteiger partial charge in [-0.25, -0.2) is 0 Å². The summed E-state index contributed by atoms with van der Waals surface area (Å²) in [5.74, 6) is -0.443. The average Bonchev–Trinajstić information content (AvgIpc) is 3.13. The van der Waals surface area contributed by atoms with E-state index in [9.17, 15) is 14.7 Å². The van der Waals surface area contributed by atoms with E-state index in [4.69, 9.17) is 9.47 Å². The molecule has 174 valence electrons. The smallest absolute Gasteiger partial charge is 0.296 e. The molecule has 2 aromatic carbocycles. The second-order valence-electron chi connectivity index (χ2n) is 7.87. The number of carbonyl (C=O) groups excluding carboxylic acids is 2. The summed E-state index contributed by atoms with van der Waals surface area (Å²) < 4.78 is 11.0. The lowest BCUT2D eigenvalue weighted by Gasteiger charge is -2.25. The van der Waals surface area contributed by atoms with Crippen molar-refractivity contribution < 1.29 is 24.2 Å². The molecule has 1 saturated heterocycles. The number of aliphatic hydroxyl groups is 1. The molecule has 3 aromatic rings. The largest absolute Gasteiger partial charge is 0.507 e. The van der Waals surface area contributed by atoms with Crippen LogP contribution in [0.3, 0.4) is 0 Å². The molecular weight excluding hydrogens is 432 g/mol. The number of rotatable bonds is 8. The summed E-state index contributed by atoms with van der Waals surface area (Å²) in [7, 11) is 1.55. The Balaban J connectivity index is 1.78. The Labute approximate surface area is 198 Å². The van der Waals surface area contributed by atoms with E-state index in [-0.39, 0.29) is 17.9 Å². The van der Waals surface area contributed by atoms with E-state index in [0.717, 1.165) is 12.0 Å². The quantitative estimate of drug-likeness (QED) is 0.304. The van der Waals surface area contributed by atoms with E-state index in [1.807, 2.05) is 25.1 Å². The van der Waals surface area contributed by atoms with Crippen molar-refractivity contribution in [3.05, 3.63) is 95.3 Å². The number of methoxy groups -OCH3 is 1. The number of hydrogen-bond donors (Lipinski definition) is 1.